The number of imidazole rings is 1. The molecule has 2 aromatic carbocycles. The summed E-state index contributed by atoms with van der Waals surface area (Å²) in [5, 5.41) is 3.27. The second kappa shape index (κ2) is 7.76. The Morgan fingerprint density at radius 2 is 2.04 bits per heavy atom. The highest BCUT2D eigenvalue weighted by atomic mass is 16.5. The maximum absolute atomic E-state index is 12.9. The van der Waals surface area contributed by atoms with Crippen molar-refractivity contribution in [3.63, 3.8) is 0 Å². The number of fused-ring (bicyclic) bond motifs is 1. The quantitative estimate of drug-likeness (QED) is 0.677. The Morgan fingerprint density at radius 1 is 1.25 bits per heavy atom. The van der Waals surface area contributed by atoms with Crippen LogP contribution < -0.4 is 5.32 Å². The van der Waals surface area contributed by atoms with Crippen LogP contribution in [-0.4, -0.2) is 28.6 Å². The molecule has 1 saturated carbocycles. The summed E-state index contributed by atoms with van der Waals surface area (Å²) in [6.07, 6.45) is 4.23. The number of rotatable bonds is 7. The van der Waals surface area contributed by atoms with E-state index in [0.717, 1.165) is 23.1 Å². The predicted octanol–water partition coefficient (Wildman–Crippen LogP) is 4.01. The third-order valence-electron chi connectivity index (χ3n) is 5.64. The fraction of sp³-hybridized carbons (Fsp3) is 0.391. The Bertz CT molecular complexity index is 1000. The molecule has 1 fully saturated rings. The molecule has 146 valence electrons. The maximum atomic E-state index is 12.9. The van der Waals surface area contributed by atoms with Crippen molar-refractivity contribution in [1.29, 1.82) is 0 Å². The van der Waals surface area contributed by atoms with Crippen LogP contribution in [0.15, 0.2) is 42.7 Å². The van der Waals surface area contributed by atoms with Gasteiger partial charge in [0, 0.05) is 25.3 Å². The first-order valence-corrected chi connectivity index (χ1v) is 9.86. The van der Waals surface area contributed by atoms with E-state index in [2.05, 4.69) is 40.8 Å². The Hall–Kier alpha value is -2.66. The number of carbonyl (C=O) groups is 1. The highest BCUT2D eigenvalue weighted by Crippen LogP contribution is 2.34. The van der Waals surface area contributed by atoms with Gasteiger partial charge >= 0.3 is 0 Å². The van der Waals surface area contributed by atoms with Crippen molar-refractivity contribution in [1.82, 2.24) is 14.9 Å². The van der Waals surface area contributed by atoms with Crippen LogP contribution >= 0.6 is 0 Å². The second-order valence-corrected chi connectivity index (χ2v) is 7.87. The van der Waals surface area contributed by atoms with Gasteiger partial charge in [0.05, 0.1) is 24.0 Å². The van der Waals surface area contributed by atoms with Gasteiger partial charge in [-0.25, -0.2) is 4.98 Å². The number of ether oxygens (including phenoxy) is 1. The molecule has 1 aliphatic carbocycles. The van der Waals surface area contributed by atoms with E-state index in [1.54, 1.807) is 7.11 Å². The molecule has 1 aliphatic rings. The van der Waals surface area contributed by atoms with E-state index in [4.69, 9.17) is 4.74 Å². The van der Waals surface area contributed by atoms with Crippen LogP contribution in [0.25, 0.3) is 11.0 Å². The standard InChI is InChI=1S/C23H27N3O2/c1-15-9-20-22(10-16(15)2)26(14-24-20)12-21(18-7-8-18)25-23(27)19-6-4-5-17(11-19)13-28-3/h4-6,9-11,14,18,21H,7-8,12-13H2,1-3H3,(H,25,27)/t21-/m1/s1. The maximum Gasteiger partial charge on any atom is 0.251 e. The van der Waals surface area contributed by atoms with E-state index in [-0.39, 0.29) is 11.9 Å². The van der Waals surface area contributed by atoms with E-state index in [1.807, 2.05) is 30.6 Å². The molecule has 1 heterocycles. The van der Waals surface area contributed by atoms with Gasteiger partial charge < -0.3 is 14.6 Å². The summed E-state index contributed by atoms with van der Waals surface area (Å²) in [5.74, 6) is 0.515. The fourth-order valence-corrected chi connectivity index (χ4v) is 3.70. The third-order valence-corrected chi connectivity index (χ3v) is 5.64. The number of hydrogen-bond acceptors (Lipinski definition) is 3. The third kappa shape index (κ3) is 3.94. The van der Waals surface area contributed by atoms with Gasteiger partial charge in [-0.3, -0.25) is 4.79 Å². The molecule has 0 radical (unpaired) electrons. The van der Waals surface area contributed by atoms with Gasteiger partial charge in [-0.15, -0.1) is 0 Å². The van der Waals surface area contributed by atoms with E-state index >= 15 is 0 Å². The number of nitrogens with zero attached hydrogens (tertiary/aromatic N) is 2. The highest BCUT2D eigenvalue weighted by Gasteiger charge is 2.33. The van der Waals surface area contributed by atoms with Crippen LogP contribution in [0.1, 0.15) is 39.9 Å². The van der Waals surface area contributed by atoms with Crippen molar-refractivity contribution in [2.75, 3.05) is 7.11 Å². The topological polar surface area (TPSA) is 56.1 Å². The van der Waals surface area contributed by atoms with Crippen molar-refractivity contribution < 1.29 is 9.53 Å². The Labute approximate surface area is 165 Å². The Morgan fingerprint density at radius 3 is 2.79 bits per heavy atom. The number of aromatic nitrogens is 2. The van der Waals surface area contributed by atoms with Crippen LogP contribution in [0.2, 0.25) is 0 Å². The lowest BCUT2D eigenvalue weighted by molar-refractivity contribution is 0.0927. The molecular weight excluding hydrogens is 350 g/mol. The van der Waals surface area contributed by atoms with Gasteiger partial charge in [-0.1, -0.05) is 12.1 Å². The van der Waals surface area contributed by atoms with Crippen molar-refractivity contribution in [2.45, 2.75) is 45.9 Å². The van der Waals surface area contributed by atoms with Gasteiger partial charge in [-0.05, 0) is 73.6 Å². The van der Waals surface area contributed by atoms with E-state index in [9.17, 15) is 4.79 Å². The molecular formula is C23H27N3O2. The molecule has 4 rings (SSSR count). The first-order chi connectivity index (χ1) is 13.5. The molecule has 0 unspecified atom stereocenters. The van der Waals surface area contributed by atoms with Gasteiger partial charge in [0.2, 0.25) is 0 Å². The molecule has 0 saturated heterocycles. The summed E-state index contributed by atoms with van der Waals surface area (Å²) < 4.78 is 7.35. The molecule has 1 atom stereocenters. The van der Waals surface area contributed by atoms with Crippen molar-refractivity contribution in [2.24, 2.45) is 5.92 Å². The Kier molecular flexibility index (Phi) is 5.18. The number of methoxy groups -OCH3 is 1. The van der Waals surface area contributed by atoms with Gasteiger partial charge in [0.25, 0.3) is 5.91 Å². The molecule has 0 aliphatic heterocycles. The summed E-state index contributed by atoms with van der Waals surface area (Å²) in [6.45, 7) is 5.48. The van der Waals surface area contributed by atoms with Gasteiger partial charge in [-0.2, -0.15) is 0 Å². The van der Waals surface area contributed by atoms with Crippen molar-refractivity contribution >= 4 is 16.9 Å². The molecule has 1 N–H and O–H groups in total. The first-order valence-electron chi connectivity index (χ1n) is 9.86. The minimum absolute atomic E-state index is 0.0219. The number of aryl methyl sites for hydroxylation is 2. The summed E-state index contributed by atoms with van der Waals surface area (Å²) in [4.78, 5) is 17.4. The zero-order valence-corrected chi connectivity index (χ0v) is 16.7. The molecule has 1 aromatic heterocycles. The second-order valence-electron chi connectivity index (χ2n) is 7.87. The molecule has 5 nitrogen and oxygen atoms in total. The Balaban J connectivity index is 1.53. The lowest BCUT2D eigenvalue weighted by Gasteiger charge is -2.20. The van der Waals surface area contributed by atoms with Crippen LogP contribution in [0.4, 0.5) is 0 Å². The molecule has 0 spiro atoms. The SMILES string of the molecule is COCc1cccc(C(=O)N[C@H](Cn2cnc3cc(C)c(C)cc32)C2CC2)c1. The van der Waals surface area contributed by atoms with Crippen LogP contribution in [0, 0.1) is 19.8 Å². The smallest absolute Gasteiger partial charge is 0.251 e. The van der Waals surface area contributed by atoms with E-state index < -0.39 is 0 Å². The van der Waals surface area contributed by atoms with Gasteiger partial charge in [0.1, 0.15) is 0 Å². The van der Waals surface area contributed by atoms with Gasteiger partial charge in [0.15, 0.2) is 0 Å². The number of carbonyl (C=O) groups excluding carboxylic acids is 1. The van der Waals surface area contributed by atoms with Crippen LogP contribution in [0.5, 0.6) is 0 Å². The van der Waals surface area contributed by atoms with E-state index in [0.29, 0.717) is 18.1 Å². The number of benzene rings is 2. The zero-order chi connectivity index (χ0) is 19.7. The number of nitrogens with one attached hydrogen (secondary N) is 1. The van der Waals surface area contributed by atoms with Crippen molar-refractivity contribution in [3.05, 3.63) is 65.0 Å². The molecule has 3 aromatic rings. The lowest BCUT2D eigenvalue weighted by atomic mass is 10.1. The number of hydrogen-bond donors (Lipinski definition) is 1. The molecule has 0 bridgehead atoms. The highest BCUT2D eigenvalue weighted by molar-refractivity contribution is 5.94. The van der Waals surface area contributed by atoms with Crippen molar-refractivity contribution in [3.8, 4) is 0 Å². The number of amides is 1. The minimum atomic E-state index is -0.0219. The summed E-state index contributed by atoms with van der Waals surface area (Å²) in [7, 11) is 1.66. The molecule has 1 amide bonds. The van der Waals surface area contributed by atoms with Crippen LogP contribution in [0.3, 0.4) is 0 Å². The average molecular weight is 377 g/mol. The lowest BCUT2D eigenvalue weighted by Crippen LogP contribution is -2.39. The largest absolute Gasteiger partial charge is 0.380 e. The van der Waals surface area contributed by atoms with Crippen LogP contribution in [-0.2, 0) is 17.9 Å². The first kappa shape index (κ1) is 18.7. The normalized spacial score (nSPS) is 15.0. The van der Waals surface area contributed by atoms with E-state index in [1.165, 1.54) is 24.0 Å². The zero-order valence-electron chi connectivity index (χ0n) is 16.7. The molecule has 5 heteroatoms. The summed E-state index contributed by atoms with van der Waals surface area (Å²) >= 11 is 0. The fourth-order valence-electron chi connectivity index (χ4n) is 3.70. The summed E-state index contributed by atoms with van der Waals surface area (Å²) in [5.41, 5.74) is 6.34. The molecule has 28 heavy (non-hydrogen) atoms. The predicted molar refractivity (Wildman–Crippen MR) is 110 cm³/mol. The summed E-state index contributed by atoms with van der Waals surface area (Å²) in [6, 6.07) is 12.1. The average Bonchev–Trinajstić information content (AvgIpc) is 3.46. The monoisotopic (exact) mass is 377 g/mol. The minimum Gasteiger partial charge on any atom is -0.380 e.